The fraction of sp³-hybridized carbons (Fsp3) is 0.348. The standard InChI is InChI=1S/C23H29N5O3/c1-4-18(14-31-3)26-23-25-11-15(2)21(28-23)17-10-19(24-12-17)22(30)27-20(13-29)16-8-6-5-7-9-16/h5-12,18,20,24,29H,4,13-14H2,1-3H3,(H,27,30)(H,25,26,28)/t18-,20+/m0/s1. The number of aromatic nitrogens is 3. The molecule has 0 aliphatic rings. The predicted octanol–water partition coefficient (Wildman–Crippen LogP) is 3.08. The van der Waals surface area contributed by atoms with E-state index < -0.39 is 6.04 Å². The summed E-state index contributed by atoms with van der Waals surface area (Å²) in [6.07, 6.45) is 4.38. The molecule has 3 aromatic rings. The van der Waals surface area contributed by atoms with Gasteiger partial charge < -0.3 is 25.5 Å². The molecule has 0 unspecified atom stereocenters. The van der Waals surface area contributed by atoms with Gasteiger partial charge in [0.25, 0.3) is 5.91 Å². The molecule has 0 bridgehead atoms. The average Bonchev–Trinajstić information content (AvgIpc) is 3.29. The first kappa shape index (κ1) is 22.5. The van der Waals surface area contributed by atoms with E-state index in [2.05, 4.69) is 32.5 Å². The summed E-state index contributed by atoms with van der Waals surface area (Å²) in [4.78, 5) is 24.7. The number of aromatic amines is 1. The highest BCUT2D eigenvalue weighted by Gasteiger charge is 2.18. The highest BCUT2D eigenvalue weighted by atomic mass is 16.5. The molecule has 1 aromatic carbocycles. The number of carbonyl (C=O) groups is 1. The van der Waals surface area contributed by atoms with Crippen molar-refractivity contribution in [3.8, 4) is 11.3 Å². The number of hydrogen-bond donors (Lipinski definition) is 4. The second-order valence-electron chi connectivity index (χ2n) is 7.35. The van der Waals surface area contributed by atoms with Gasteiger partial charge in [0.05, 0.1) is 31.0 Å². The third-order valence-corrected chi connectivity index (χ3v) is 5.06. The van der Waals surface area contributed by atoms with E-state index in [0.717, 1.165) is 28.8 Å². The quantitative estimate of drug-likeness (QED) is 0.399. The molecule has 2 aromatic heterocycles. The van der Waals surface area contributed by atoms with Crippen LogP contribution < -0.4 is 10.6 Å². The van der Waals surface area contributed by atoms with Gasteiger partial charge >= 0.3 is 0 Å². The van der Waals surface area contributed by atoms with Gasteiger partial charge in [-0.2, -0.15) is 0 Å². The van der Waals surface area contributed by atoms with Crippen molar-refractivity contribution in [2.75, 3.05) is 25.6 Å². The molecule has 0 fully saturated rings. The van der Waals surface area contributed by atoms with E-state index in [9.17, 15) is 9.90 Å². The van der Waals surface area contributed by atoms with Crippen LogP contribution in [0.3, 0.4) is 0 Å². The van der Waals surface area contributed by atoms with Gasteiger partial charge in [0.1, 0.15) is 5.69 Å². The lowest BCUT2D eigenvalue weighted by molar-refractivity contribution is 0.0912. The Bertz CT molecular complexity index is 990. The number of nitrogens with one attached hydrogen (secondary N) is 3. The predicted molar refractivity (Wildman–Crippen MR) is 120 cm³/mol. The van der Waals surface area contributed by atoms with Crippen LogP contribution in [0.4, 0.5) is 5.95 Å². The van der Waals surface area contributed by atoms with E-state index >= 15 is 0 Å². The van der Waals surface area contributed by atoms with Gasteiger partial charge in [-0.1, -0.05) is 37.3 Å². The molecular formula is C23H29N5O3. The summed E-state index contributed by atoms with van der Waals surface area (Å²) in [6.45, 7) is 4.36. The highest BCUT2D eigenvalue weighted by molar-refractivity contribution is 5.94. The lowest BCUT2D eigenvalue weighted by Crippen LogP contribution is -2.30. The number of benzene rings is 1. The summed E-state index contributed by atoms with van der Waals surface area (Å²) in [6, 6.07) is 10.8. The Kier molecular flexibility index (Phi) is 7.75. The number of hydrogen-bond acceptors (Lipinski definition) is 6. The van der Waals surface area contributed by atoms with E-state index in [4.69, 9.17) is 4.74 Å². The molecule has 8 heteroatoms. The summed E-state index contributed by atoms with van der Waals surface area (Å²) < 4.78 is 5.22. The third kappa shape index (κ3) is 5.68. The number of aliphatic hydroxyl groups excluding tert-OH is 1. The summed E-state index contributed by atoms with van der Waals surface area (Å²) in [5, 5.41) is 15.8. The molecule has 3 rings (SSSR count). The van der Waals surface area contributed by atoms with Crippen LogP contribution in [0.15, 0.2) is 48.8 Å². The highest BCUT2D eigenvalue weighted by Crippen LogP contribution is 2.23. The Morgan fingerprint density at radius 2 is 2.06 bits per heavy atom. The summed E-state index contributed by atoms with van der Waals surface area (Å²) in [5.41, 5.74) is 3.65. The smallest absolute Gasteiger partial charge is 0.268 e. The van der Waals surface area contributed by atoms with Crippen LogP contribution >= 0.6 is 0 Å². The molecule has 164 valence electrons. The van der Waals surface area contributed by atoms with Crippen LogP contribution in [0, 0.1) is 6.92 Å². The topological polar surface area (TPSA) is 112 Å². The minimum Gasteiger partial charge on any atom is -0.394 e. The van der Waals surface area contributed by atoms with Crippen molar-refractivity contribution in [2.24, 2.45) is 0 Å². The summed E-state index contributed by atoms with van der Waals surface area (Å²) in [7, 11) is 1.66. The van der Waals surface area contributed by atoms with Gasteiger partial charge in [0.2, 0.25) is 5.95 Å². The first-order valence-electron chi connectivity index (χ1n) is 10.3. The number of carbonyl (C=O) groups excluding carboxylic acids is 1. The first-order valence-corrected chi connectivity index (χ1v) is 10.3. The van der Waals surface area contributed by atoms with Gasteiger partial charge in [-0.15, -0.1) is 0 Å². The number of rotatable bonds is 10. The van der Waals surface area contributed by atoms with Crippen LogP contribution in [0.5, 0.6) is 0 Å². The Balaban J connectivity index is 1.76. The normalized spacial score (nSPS) is 12.9. The van der Waals surface area contributed by atoms with E-state index in [1.54, 1.807) is 25.6 Å². The molecule has 2 atom stereocenters. The van der Waals surface area contributed by atoms with Gasteiger partial charge in [-0.3, -0.25) is 4.79 Å². The molecule has 31 heavy (non-hydrogen) atoms. The van der Waals surface area contributed by atoms with Crippen molar-refractivity contribution < 1.29 is 14.6 Å². The summed E-state index contributed by atoms with van der Waals surface area (Å²) in [5.74, 6) is 0.214. The zero-order chi connectivity index (χ0) is 22.2. The fourth-order valence-electron chi connectivity index (χ4n) is 3.27. The molecule has 0 spiro atoms. The van der Waals surface area contributed by atoms with Gasteiger partial charge in [0, 0.05) is 25.1 Å². The van der Waals surface area contributed by atoms with Crippen LogP contribution in [0.1, 0.15) is 41.0 Å². The number of anilines is 1. The van der Waals surface area contributed by atoms with Crippen molar-refractivity contribution >= 4 is 11.9 Å². The Hall–Kier alpha value is -3.23. The monoisotopic (exact) mass is 423 g/mol. The van der Waals surface area contributed by atoms with Crippen LogP contribution in [0.2, 0.25) is 0 Å². The van der Waals surface area contributed by atoms with E-state index in [-0.39, 0.29) is 18.6 Å². The van der Waals surface area contributed by atoms with Crippen molar-refractivity contribution in [3.63, 3.8) is 0 Å². The van der Waals surface area contributed by atoms with E-state index in [0.29, 0.717) is 18.2 Å². The molecule has 4 N–H and O–H groups in total. The van der Waals surface area contributed by atoms with Gasteiger partial charge in [0.15, 0.2) is 0 Å². The number of methoxy groups -OCH3 is 1. The Morgan fingerprint density at radius 3 is 2.74 bits per heavy atom. The van der Waals surface area contributed by atoms with Crippen LogP contribution in [-0.4, -0.2) is 52.3 Å². The molecule has 8 nitrogen and oxygen atoms in total. The number of H-pyrrole nitrogens is 1. The zero-order valence-corrected chi connectivity index (χ0v) is 18.1. The van der Waals surface area contributed by atoms with Crippen molar-refractivity contribution in [3.05, 3.63) is 65.6 Å². The number of nitrogens with zero attached hydrogens (tertiary/aromatic N) is 2. The molecule has 0 aliphatic heterocycles. The number of aliphatic hydroxyl groups is 1. The Morgan fingerprint density at radius 1 is 1.29 bits per heavy atom. The average molecular weight is 424 g/mol. The van der Waals surface area contributed by atoms with Gasteiger partial charge in [-0.25, -0.2) is 9.97 Å². The molecule has 1 amide bonds. The number of aryl methyl sites for hydroxylation is 1. The number of amides is 1. The maximum absolute atomic E-state index is 12.7. The minimum atomic E-state index is -0.483. The molecule has 2 heterocycles. The zero-order valence-electron chi connectivity index (χ0n) is 18.1. The lowest BCUT2D eigenvalue weighted by atomic mass is 10.1. The van der Waals surface area contributed by atoms with Crippen molar-refractivity contribution in [1.29, 1.82) is 0 Å². The van der Waals surface area contributed by atoms with Crippen molar-refractivity contribution in [1.82, 2.24) is 20.3 Å². The second kappa shape index (κ2) is 10.7. The molecule has 0 aliphatic carbocycles. The largest absolute Gasteiger partial charge is 0.394 e. The minimum absolute atomic E-state index is 0.113. The molecule has 0 saturated heterocycles. The maximum Gasteiger partial charge on any atom is 0.268 e. The van der Waals surface area contributed by atoms with E-state index in [1.165, 1.54) is 0 Å². The maximum atomic E-state index is 12.7. The fourth-order valence-corrected chi connectivity index (χ4v) is 3.27. The lowest BCUT2D eigenvalue weighted by Gasteiger charge is -2.16. The van der Waals surface area contributed by atoms with Crippen LogP contribution in [0.25, 0.3) is 11.3 Å². The Labute approximate surface area is 182 Å². The second-order valence-corrected chi connectivity index (χ2v) is 7.35. The number of ether oxygens (including phenoxy) is 1. The summed E-state index contributed by atoms with van der Waals surface area (Å²) >= 11 is 0. The third-order valence-electron chi connectivity index (χ3n) is 5.06. The molecule has 0 saturated carbocycles. The molecule has 0 radical (unpaired) electrons. The van der Waals surface area contributed by atoms with Crippen molar-refractivity contribution in [2.45, 2.75) is 32.4 Å². The van der Waals surface area contributed by atoms with Crippen LogP contribution in [-0.2, 0) is 4.74 Å². The molecular weight excluding hydrogens is 394 g/mol. The van der Waals surface area contributed by atoms with Gasteiger partial charge in [-0.05, 0) is 30.5 Å². The first-order chi connectivity index (χ1) is 15.0. The SMILES string of the molecule is CC[C@@H](COC)Nc1ncc(C)c(-c2c[nH]c(C(=O)N[C@H](CO)c3ccccc3)c2)n1. The van der Waals surface area contributed by atoms with E-state index in [1.807, 2.05) is 37.3 Å².